The lowest BCUT2D eigenvalue weighted by molar-refractivity contribution is -0.167. The number of rotatable bonds is 49. The van der Waals surface area contributed by atoms with Crippen molar-refractivity contribution in [3.05, 3.63) is 85.1 Å². The highest BCUT2D eigenvalue weighted by molar-refractivity contribution is 5.71. The van der Waals surface area contributed by atoms with Crippen molar-refractivity contribution in [3.63, 3.8) is 0 Å². The molecule has 0 bridgehead atoms. The molecule has 66 heavy (non-hydrogen) atoms. The number of carbonyl (C=O) groups excluding carboxylic acids is 3. The molecule has 0 aliphatic rings. The van der Waals surface area contributed by atoms with Crippen LogP contribution in [0.5, 0.6) is 0 Å². The number of ether oxygens (including phenoxy) is 3. The molecule has 1 unspecified atom stereocenters. The van der Waals surface area contributed by atoms with Gasteiger partial charge in [-0.2, -0.15) is 0 Å². The minimum Gasteiger partial charge on any atom is -0.462 e. The molecule has 0 amide bonds. The van der Waals surface area contributed by atoms with Crippen LogP contribution in [0.15, 0.2) is 85.1 Å². The maximum absolute atomic E-state index is 12.8. The van der Waals surface area contributed by atoms with Crippen LogP contribution in [0.4, 0.5) is 0 Å². The van der Waals surface area contributed by atoms with Crippen molar-refractivity contribution in [3.8, 4) is 0 Å². The van der Waals surface area contributed by atoms with Crippen LogP contribution in [0.2, 0.25) is 0 Å². The van der Waals surface area contributed by atoms with E-state index in [0.29, 0.717) is 19.3 Å². The molecule has 0 aromatic rings. The normalized spacial score (nSPS) is 12.7. The Bertz CT molecular complexity index is 1290. The van der Waals surface area contributed by atoms with Gasteiger partial charge in [-0.05, 0) is 116 Å². The summed E-state index contributed by atoms with van der Waals surface area (Å²) in [6, 6.07) is 0. The molecule has 0 aromatic carbocycles. The Balaban J connectivity index is 4.47. The predicted octanol–water partition coefficient (Wildman–Crippen LogP) is 18.4. The fraction of sp³-hybridized carbons (Fsp3) is 0.717. The van der Waals surface area contributed by atoms with Gasteiger partial charge >= 0.3 is 17.9 Å². The smallest absolute Gasteiger partial charge is 0.306 e. The highest BCUT2D eigenvalue weighted by Crippen LogP contribution is 2.14. The SMILES string of the molecule is CC/C=C\C/C=C\C/C=C\C/C=C\CCCCCCC(=O)OCC(COC(=O)CCCCCCC/C=C\C/C=C\CCCCC)OC(=O)CCCCCCC/C=C\CCCCCCCCC. The van der Waals surface area contributed by atoms with E-state index >= 15 is 0 Å². The van der Waals surface area contributed by atoms with E-state index in [1.165, 1.54) is 83.5 Å². The third-order valence-corrected chi connectivity index (χ3v) is 11.6. The minimum atomic E-state index is -0.797. The minimum absolute atomic E-state index is 0.0953. The second kappa shape index (κ2) is 54.2. The molecule has 0 N–H and O–H groups in total. The van der Waals surface area contributed by atoms with Crippen LogP contribution in [0.25, 0.3) is 0 Å². The molecule has 0 saturated carbocycles. The molecule has 0 heterocycles. The van der Waals surface area contributed by atoms with Gasteiger partial charge in [0.1, 0.15) is 13.2 Å². The van der Waals surface area contributed by atoms with Gasteiger partial charge in [-0.1, -0.05) is 209 Å². The molecule has 6 nitrogen and oxygen atoms in total. The Kier molecular flexibility index (Phi) is 51.4. The van der Waals surface area contributed by atoms with Gasteiger partial charge < -0.3 is 14.2 Å². The molecule has 378 valence electrons. The van der Waals surface area contributed by atoms with Crippen molar-refractivity contribution >= 4 is 17.9 Å². The molecule has 0 aliphatic heterocycles. The Hall–Kier alpha value is -3.41. The Labute approximate surface area is 407 Å². The summed E-state index contributed by atoms with van der Waals surface area (Å²) in [6.45, 7) is 6.46. The Morgan fingerprint density at radius 1 is 0.318 bits per heavy atom. The largest absolute Gasteiger partial charge is 0.462 e. The first-order chi connectivity index (χ1) is 32.5. The fourth-order valence-corrected chi connectivity index (χ4v) is 7.46. The van der Waals surface area contributed by atoms with Crippen LogP contribution in [0, 0.1) is 0 Å². The van der Waals surface area contributed by atoms with Gasteiger partial charge in [-0.15, -0.1) is 0 Å². The highest BCUT2D eigenvalue weighted by atomic mass is 16.6. The molecule has 0 fully saturated rings. The number of unbranched alkanes of at least 4 members (excludes halogenated alkanes) is 24. The van der Waals surface area contributed by atoms with E-state index in [9.17, 15) is 14.4 Å². The number of hydrogen-bond acceptors (Lipinski definition) is 6. The molecule has 1 atom stereocenters. The lowest BCUT2D eigenvalue weighted by atomic mass is 10.1. The lowest BCUT2D eigenvalue weighted by Gasteiger charge is -2.18. The van der Waals surface area contributed by atoms with Gasteiger partial charge in [0, 0.05) is 19.3 Å². The summed E-state index contributed by atoms with van der Waals surface area (Å²) in [5, 5.41) is 0. The van der Waals surface area contributed by atoms with Gasteiger partial charge in [-0.25, -0.2) is 0 Å². The molecule has 0 aromatic heterocycles. The van der Waals surface area contributed by atoms with Crippen LogP contribution in [0.1, 0.15) is 258 Å². The third kappa shape index (κ3) is 51.6. The third-order valence-electron chi connectivity index (χ3n) is 11.6. The predicted molar refractivity (Wildman–Crippen MR) is 284 cm³/mol. The number of carbonyl (C=O) groups is 3. The summed E-state index contributed by atoms with van der Waals surface area (Å²) in [4.78, 5) is 38.1. The van der Waals surface area contributed by atoms with E-state index in [1.54, 1.807) is 0 Å². The van der Waals surface area contributed by atoms with Crippen molar-refractivity contribution in [1.82, 2.24) is 0 Å². The second-order valence-corrected chi connectivity index (χ2v) is 18.1. The lowest BCUT2D eigenvalue weighted by Crippen LogP contribution is -2.30. The summed E-state index contributed by atoms with van der Waals surface area (Å²) in [5.41, 5.74) is 0. The van der Waals surface area contributed by atoms with E-state index < -0.39 is 6.10 Å². The summed E-state index contributed by atoms with van der Waals surface area (Å²) in [7, 11) is 0. The molecule has 0 radical (unpaired) electrons. The van der Waals surface area contributed by atoms with E-state index in [4.69, 9.17) is 14.2 Å². The maximum atomic E-state index is 12.8. The first-order valence-corrected chi connectivity index (χ1v) is 27.6. The molecule has 0 spiro atoms. The standard InChI is InChI=1S/C60H102O6/c1-4-7-10-13-16-19-22-25-28-30-33-35-38-41-44-47-50-53-59(62)65-56-57(55-64-58(61)52-49-46-43-40-37-34-31-27-24-21-18-15-12-9-6-3)66-60(63)54-51-48-45-42-39-36-32-29-26-23-20-17-14-11-8-5-2/h7,10,16,18-19,21,25,27-29,31-33,35,57H,4-6,8-9,11-15,17,20,22-24,26,30,34,36-56H2,1-3H3/b10-7-,19-16-,21-18-,28-25-,31-27-,32-29-,35-33-. The molecular weight excluding hydrogens is 817 g/mol. The first kappa shape index (κ1) is 62.6. The quantitative estimate of drug-likeness (QED) is 0.0262. The Morgan fingerprint density at radius 3 is 0.970 bits per heavy atom. The van der Waals surface area contributed by atoms with Crippen LogP contribution in [-0.2, 0) is 28.6 Å². The zero-order valence-corrected chi connectivity index (χ0v) is 43.2. The molecular formula is C60H102O6. The molecule has 6 heteroatoms. The summed E-state index contributed by atoms with van der Waals surface area (Å²) < 4.78 is 16.8. The summed E-state index contributed by atoms with van der Waals surface area (Å²) >= 11 is 0. The van der Waals surface area contributed by atoms with Crippen molar-refractivity contribution in [1.29, 1.82) is 0 Å². The monoisotopic (exact) mass is 919 g/mol. The van der Waals surface area contributed by atoms with Gasteiger partial charge in [0.2, 0.25) is 0 Å². The first-order valence-electron chi connectivity index (χ1n) is 27.6. The topological polar surface area (TPSA) is 78.9 Å². The van der Waals surface area contributed by atoms with E-state index in [0.717, 1.165) is 135 Å². The van der Waals surface area contributed by atoms with Crippen LogP contribution in [-0.4, -0.2) is 37.2 Å². The van der Waals surface area contributed by atoms with Crippen molar-refractivity contribution < 1.29 is 28.6 Å². The zero-order valence-electron chi connectivity index (χ0n) is 43.2. The molecule has 0 rings (SSSR count). The highest BCUT2D eigenvalue weighted by Gasteiger charge is 2.19. The number of hydrogen-bond donors (Lipinski definition) is 0. The number of allylic oxidation sites excluding steroid dienone is 14. The Morgan fingerprint density at radius 2 is 0.591 bits per heavy atom. The van der Waals surface area contributed by atoms with E-state index in [-0.39, 0.29) is 31.1 Å². The number of esters is 3. The maximum Gasteiger partial charge on any atom is 0.306 e. The summed E-state index contributed by atoms with van der Waals surface area (Å²) in [6.07, 6.45) is 69.9. The average Bonchev–Trinajstić information content (AvgIpc) is 3.31. The van der Waals surface area contributed by atoms with Crippen LogP contribution < -0.4 is 0 Å². The van der Waals surface area contributed by atoms with Crippen molar-refractivity contribution in [2.24, 2.45) is 0 Å². The van der Waals surface area contributed by atoms with E-state index in [1.807, 2.05) is 0 Å². The van der Waals surface area contributed by atoms with E-state index in [2.05, 4.69) is 106 Å². The van der Waals surface area contributed by atoms with Gasteiger partial charge in [0.05, 0.1) is 0 Å². The van der Waals surface area contributed by atoms with Crippen LogP contribution in [0.3, 0.4) is 0 Å². The summed E-state index contributed by atoms with van der Waals surface area (Å²) in [5.74, 6) is -0.938. The zero-order chi connectivity index (χ0) is 47.9. The van der Waals surface area contributed by atoms with Crippen LogP contribution >= 0.6 is 0 Å². The van der Waals surface area contributed by atoms with Gasteiger partial charge in [-0.3, -0.25) is 14.4 Å². The molecule has 0 aliphatic carbocycles. The average molecular weight is 919 g/mol. The van der Waals surface area contributed by atoms with Crippen molar-refractivity contribution in [2.75, 3.05) is 13.2 Å². The molecule has 0 saturated heterocycles. The fourth-order valence-electron chi connectivity index (χ4n) is 7.46. The van der Waals surface area contributed by atoms with Crippen molar-refractivity contribution in [2.45, 2.75) is 264 Å². The van der Waals surface area contributed by atoms with Gasteiger partial charge in [0.15, 0.2) is 6.10 Å². The second-order valence-electron chi connectivity index (χ2n) is 18.1. The van der Waals surface area contributed by atoms with Gasteiger partial charge in [0.25, 0.3) is 0 Å².